The number of carbonyl (C=O) groups excluding carboxylic acids is 1. The molecule has 1 aromatic heterocycles. The second-order valence-electron chi connectivity index (χ2n) is 7.23. The van der Waals surface area contributed by atoms with Crippen molar-refractivity contribution in [2.45, 2.75) is 31.1 Å². The Bertz CT molecular complexity index is 800. The first-order valence-electron chi connectivity index (χ1n) is 9.53. The highest BCUT2D eigenvalue weighted by Gasteiger charge is 2.50. The first-order chi connectivity index (χ1) is 13.2. The van der Waals surface area contributed by atoms with Gasteiger partial charge in [0, 0.05) is 32.2 Å². The second kappa shape index (κ2) is 7.50. The van der Waals surface area contributed by atoms with E-state index >= 15 is 0 Å². The van der Waals surface area contributed by atoms with Crippen molar-refractivity contribution >= 4 is 17.5 Å². The number of amides is 1. The zero-order chi connectivity index (χ0) is 18.7. The van der Waals surface area contributed by atoms with Gasteiger partial charge in [-0.15, -0.1) is 0 Å². The third kappa shape index (κ3) is 3.86. The molecular weight excluding hydrogens is 345 g/mol. The molecule has 1 aromatic carbocycles. The van der Waals surface area contributed by atoms with Crippen LogP contribution in [-0.4, -0.2) is 42.1 Å². The lowest BCUT2D eigenvalue weighted by atomic mass is 9.95. The van der Waals surface area contributed by atoms with E-state index in [1.54, 1.807) is 18.5 Å². The molecule has 1 saturated carbocycles. The summed E-state index contributed by atoms with van der Waals surface area (Å²) in [6.07, 6.45) is 5.59. The zero-order valence-electron chi connectivity index (χ0n) is 15.2. The van der Waals surface area contributed by atoms with Gasteiger partial charge >= 0.3 is 0 Å². The van der Waals surface area contributed by atoms with E-state index in [-0.39, 0.29) is 11.7 Å². The van der Waals surface area contributed by atoms with Crippen molar-refractivity contribution in [3.8, 4) is 0 Å². The van der Waals surface area contributed by atoms with Gasteiger partial charge in [-0.05, 0) is 43.4 Å². The highest BCUT2D eigenvalue weighted by molar-refractivity contribution is 5.91. The van der Waals surface area contributed by atoms with Gasteiger partial charge in [-0.1, -0.05) is 12.1 Å². The lowest BCUT2D eigenvalue weighted by Gasteiger charge is -2.17. The van der Waals surface area contributed by atoms with Crippen LogP contribution in [0.2, 0.25) is 0 Å². The summed E-state index contributed by atoms with van der Waals surface area (Å²) in [4.78, 5) is 23.4. The maximum Gasteiger partial charge on any atom is 0.230 e. The summed E-state index contributed by atoms with van der Waals surface area (Å²) in [5.74, 6) is 1.44. The minimum absolute atomic E-state index is 0.0105. The third-order valence-electron chi connectivity index (χ3n) is 5.38. The summed E-state index contributed by atoms with van der Waals surface area (Å²) >= 11 is 0. The molecule has 7 heteroatoms. The molecule has 2 heterocycles. The molecule has 1 amide bonds. The largest absolute Gasteiger partial charge is 0.368 e. The van der Waals surface area contributed by atoms with E-state index in [1.807, 2.05) is 6.07 Å². The fourth-order valence-corrected chi connectivity index (χ4v) is 3.64. The van der Waals surface area contributed by atoms with Crippen LogP contribution in [0, 0.1) is 5.82 Å². The van der Waals surface area contributed by atoms with E-state index < -0.39 is 5.41 Å². The Balaban J connectivity index is 1.27. The number of hydrogen-bond acceptors (Lipinski definition) is 5. The normalized spacial score (nSPS) is 17.6. The molecule has 0 bridgehead atoms. The maximum atomic E-state index is 13.1. The van der Waals surface area contributed by atoms with Crippen LogP contribution in [0.4, 0.5) is 16.0 Å². The minimum atomic E-state index is -0.481. The number of anilines is 2. The van der Waals surface area contributed by atoms with Crippen LogP contribution >= 0.6 is 0 Å². The van der Waals surface area contributed by atoms with Crippen molar-refractivity contribution < 1.29 is 9.18 Å². The predicted molar refractivity (Wildman–Crippen MR) is 102 cm³/mol. The molecule has 0 atom stereocenters. The summed E-state index contributed by atoms with van der Waals surface area (Å²) in [5, 5.41) is 6.23. The van der Waals surface area contributed by atoms with Gasteiger partial charge in [-0.3, -0.25) is 4.79 Å². The number of nitrogens with zero attached hydrogens (tertiary/aromatic N) is 3. The van der Waals surface area contributed by atoms with Gasteiger partial charge in [0.25, 0.3) is 0 Å². The highest BCUT2D eigenvalue weighted by atomic mass is 19.1. The quantitative estimate of drug-likeness (QED) is 0.734. The maximum absolute atomic E-state index is 13.1. The van der Waals surface area contributed by atoms with Crippen molar-refractivity contribution in [3.05, 3.63) is 48.0 Å². The molecule has 2 N–H and O–H groups in total. The monoisotopic (exact) mass is 369 g/mol. The number of nitrogens with one attached hydrogen (secondary N) is 2. The molecule has 0 unspecified atom stereocenters. The Labute approximate surface area is 158 Å². The van der Waals surface area contributed by atoms with Gasteiger partial charge in [0.15, 0.2) is 0 Å². The molecule has 1 saturated heterocycles. The summed E-state index contributed by atoms with van der Waals surface area (Å²) in [6.45, 7) is 3.17. The van der Waals surface area contributed by atoms with Gasteiger partial charge < -0.3 is 15.5 Å². The summed E-state index contributed by atoms with van der Waals surface area (Å²) < 4.78 is 13.1. The van der Waals surface area contributed by atoms with Crippen molar-refractivity contribution in [2.75, 3.05) is 36.4 Å². The average Bonchev–Trinajstić information content (AvgIpc) is 3.32. The minimum Gasteiger partial charge on any atom is -0.368 e. The van der Waals surface area contributed by atoms with Crippen LogP contribution in [-0.2, 0) is 10.2 Å². The molecule has 6 nitrogen and oxygen atoms in total. The topological polar surface area (TPSA) is 70.2 Å². The fraction of sp³-hybridized carbons (Fsp3) is 0.450. The summed E-state index contributed by atoms with van der Waals surface area (Å²) in [5.41, 5.74) is 0.409. The number of halogens is 1. The zero-order valence-corrected chi connectivity index (χ0v) is 15.2. The Morgan fingerprint density at radius 1 is 1.11 bits per heavy atom. The Morgan fingerprint density at radius 3 is 2.56 bits per heavy atom. The molecule has 1 aliphatic heterocycles. The predicted octanol–water partition coefficient (Wildman–Crippen LogP) is 2.48. The van der Waals surface area contributed by atoms with Crippen LogP contribution in [0.25, 0.3) is 0 Å². The summed E-state index contributed by atoms with van der Waals surface area (Å²) in [6, 6.07) is 8.20. The molecule has 2 fully saturated rings. The van der Waals surface area contributed by atoms with Crippen LogP contribution in [0.15, 0.2) is 36.7 Å². The lowest BCUT2D eigenvalue weighted by molar-refractivity contribution is -0.123. The molecule has 0 spiro atoms. The van der Waals surface area contributed by atoms with Gasteiger partial charge in [-0.25, -0.2) is 14.4 Å². The molecule has 0 radical (unpaired) electrons. The number of hydrogen-bond donors (Lipinski definition) is 2. The Hall–Kier alpha value is -2.70. The van der Waals surface area contributed by atoms with Gasteiger partial charge in [0.1, 0.15) is 23.8 Å². The smallest absolute Gasteiger partial charge is 0.230 e. The molecule has 2 aromatic rings. The van der Waals surface area contributed by atoms with Gasteiger partial charge in [0.05, 0.1) is 5.41 Å². The Kier molecular flexibility index (Phi) is 4.92. The lowest BCUT2D eigenvalue weighted by Crippen LogP contribution is -2.37. The van der Waals surface area contributed by atoms with Crippen molar-refractivity contribution in [1.29, 1.82) is 0 Å². The Morgan fingerprint density at radius 2 is 1.85 bits per heavy atom. The van der Waals surface area contributed by atoms with Gasteiger partial charge in [-0.2, -0.15) is 0 Å². The van der Waals surface area contributed by atoms with Crippen LogP contribution in [0.5, 0.6) is 0 Å². The number of carbonyl (C=O) groups is 1. The van der Waals surface area contributed by atoms with E-state index in [9.17, 15) is 9.18 Å². The highest BCUT2D eigenvalue weighted by Crippen LogP contribution is 2.48. The second-order valence-corrected chi connectivity index (χ2v) is 7.23. The van der Waals surface area contributed by atoms with Gasteiger partial charge in [0.2, 0.25) is 5.91 Å². The molecule has 4 rings (SSSR count). The van der Waals surface area contributed by atoms with Crippen molar-refractivity contribution in [2.24, 2.45) is 0 Å². The van der Waals surface area contributed by atoms with E-state index in [2.05, 4.69) is 25.5 Å². The first kappa shape index (κ1) is 17.7. The fourth-order valence-electron chi connectivity index (χ4n) is 3.64. The molecule has 1 aliphatic carbocycles. The number of rotatable bonds is 7. The SMILES string of the molecule is O=C(NCCNc1cc(N2CCCC2)ncn1)C1(c2ccc(F)cc2)CC1. The van der Waals surface area contributed by atoms with Crippen LogP contribution in [0.3, 0.4) is 0 Å². The van der Waals surface area contributed by atoms with Crippen LogP contribution in [0.1, 0.15) is 31.2 Å². The van der Waals surface area contributed by atoms with E-state index in [0.29, 0.717) is 13.1 Å². The van der Waals surface area contributed by atoms with E-state index in [4.69, 9.17) is 0 Å². The number of benzene rings is 1. The van der Waals surface area contributed by atoms with E-state index in [1.165, 1.54) is 25.0 Å². The first-order valence-corrected chi connectivity index (χ1v) is 9.53. The van der Waals surface area contributed by atoms with Crippen molar-refractivity contribution in [1.82, 2.24) is 15.3 Å². The molecule has 2 aliphatic rings. The van der Waals surface area contributed by atoms with Crippen LogP contribution < -0.4 is 15.5 Å². The standard InChI is InChI=1S/C20H24FN5O/c21-16-5-3-15(4-6-16)20(7-8-20)19(27)23-10-9-22-17-13-18(25-14-24-17)26-11-1-2-12-26/h3-6,13-14H,1-2,7-12H2,(H,23,27)(H,22,24,25). The molecular formula is C20H24FN5O. The number of aromatic nitrogens is 2. The van der Waals surface area contributed by atoms with E-state index in [0.717, 1.165) is 43.1 Å². The molecule has 142 valence electrons. The average molecular weight is 369 g/mol. The molecule has 27 heavy (non-hydrogen) atoms. The van der Waals surface area contributed by atoms with Crippen molar-refractivity contribution in [3.63, 3.8) is 0 Å². The summed E-state index contributed by atoms with van der Waals surface area (Å²) in [7, 11) is 0. The third-order valence-corrected chi connectivity index (χ3v) is 5.38.